The van der Waals surface area contributed by atoms with E-state index in [9.17, 15) is 22.8 Å². The lowest BCUT2D eigenvalue weighted by atomic mass is 10.1. The van der Waals surface area contributed by atoms with Gasteiger partial charge in [-0.3, -0.25) is 14.5 Å². The van der Waals surface area contributed by atoms with Gasteiger partial charge < -0.3 is 5.32 Å². The molecule has 0 unspecified atom stereocenters. The van der Waals surface area contributed by atoms with E-state index in [0.717, 1.165) is 48.2 Å². The van der Waals surface area contributed by atoms with Gasteiger partial charge in [0.05, 0.1) is 11.3 Å². The van der Waals surface area contributed by atoms with Gasteiger partial charge in [-0.15, -0.1) is 5.10 Å². The highest BCUT2D eigenvalue weighted by Gasteiger charge is 2.37. The summed E-state index contributed by atoms with van der Waals surface area (Å²) in [5.41, 5.74) is -1.48. The Morgan fingerprint density at radius 3 is 2.56 bits per heavy atom. The third-order valence-electron chi connectivity index (χ3n) is 4.35. The SMILES string of the molecule is O=C(CN(C(=O)c1csnn1)c1ccccc1C(F)(F)F)NC1CCCC1. The third-order valence-corrected chi connectivity index (χ3v) is 4.85. The standard InChI is InChI=1S/C17H17F3N4O2S/c18-17(19,20)12-7-3-4-8-14(12)24(16(26)13-10-27-23-22-13)9-15(25)21-11-5-1-2-6-11/h3-4,7-8,10-11H,1-2,5-6,9H2,(H,21,25). The molecule has 1 saturated carbocycles. The molecule has 1 fully saturated rings. The number of aromatic nitrogens is 2. The number of amides is 2. The average molecular weight is 398 g/mol. The van der Waals surface area contributed by atoms with Crippen LogP contribution in [0.5, 0.6) is 0 Å². The monoisotopic (exact) mass is 398 g/mol. The van der Waals surface area contributed by atoms with E-state index in [4.69, 9.17) is 0 Å². The number of para-hydroxylation sites is 1. The summed E-state index contributed by atoms with van der Waals surface area (Å²) in [5.74, 6) is -1.31. The molecular weight excluding hydrogens is 381 g/mol. The number of halogens is 3. The Morgan fingerprint density at radius 2 is 1.93 bits per heavy atom. The number of hydrogen-bond acceptors (Lipinski definition) is 5. The second-order valence-electron chi connectivity index (χ2n) is 6.25. The molecule has 1 aliphatic carbocycles. The Balaban J connectivity index is 1.91. The molecule has 2 amide bonds. The fourth-order valence-corrected chi connectivity index (χ4v) is 3.53. The lowest BCUT2D eigenvalue weighted by molar-refractivity contribution is -0.137. The number of nitrogens with one attached hydrogen (secondary N) is 1. The van der Waals surface area contributed by atoms with E-state index in [-0.39, 0.29) is 17.4 Å². The van der Waals surface area contributed by atoms with Crippen LogP contribution in [0, 0.1) is 0 Å². The number of alkyl halides is 3. The Morgan fingerprint density at radius 1 is 1.22 bits per heavy atom. The molecule has 2 aromatic rings. The van der Waals surface area contributed by atoms with Gasteiger partial charge in [0.15, 0.2) is 5.69 Å². The van der Waals surface area contributed by atoms with Crippen LogP contribution in [0.15, 0.2) is 29.6 Å². The van der Waals surface area contributed by atoms with Crippen molar-refractivity contribution in [2.45, 2.75) is 37.9 Å². The van der Waals surface area contributed by atoms with Crippen LogP contribution in [0.4, 0.5) is 18.9 Å². The second-order valence-corrected chi connectivity index (χ2v) is 6.86. The molecule has 27 heavy (non-hydrogen) atoms. The fourth-order valence-electron chi connectivity index (χ4n) is 3.10. The van der Waals surface area contributed by atoms with Gasteiger partial charge in [0.25, 0.3) is 5.91 Å². The van der Waals surface area contributed by atoms with Crippen molar-refractivity contribution in [3.63, 3.8) is 0 Å². The maximum atomic E-state index is 13.4. The van der Waals surface area contributed by atoms with E-state index in [2.05, 4.69) is 14.9 Å². The number of benzene rings is 1. The predicted octanol–water partition coefficient (Wildman–Crippen LogP) is 3.26. The molecule has 10 heteroatoms. The minimum absolute atomic E-state index is 0.00625. The zero-order valence-electron chi connectivity index (χ0n) is 14.2. The second kappa shape index (κ2) is 8.03. The Bertz CT molecular complexity index is 805. The summed E-state index contributed by atoms with van der Waals surface area (Å²) in [6.07, 6.45) is -1.02. The molecule has 0 aliphatic heterocycles. The van der Waals surface area contributed by atoms with Crippen LogP contribution in [-0.4, -0.2) is 34.0 Å². The average Bonchev–Trinajstić information content (AvgIpc) is 3.32. The summed E-state index contributed by atoms with van der Waals surface area (Å²) < 4.78 is 43.8. The molecule has 1 aromatic carbocycles. The highest BCUT2D eigenvalue weighted by molar-refractivity contribution is 7.03. The van der Waals surface area contributed by atoms with Crippen LogP contribution in [0.1, 0.15) is 41.7 Å². The van der Waals surface area contributed by atoms with E-state index in [1.165, 1.54) is 23.6 Å². The summed E-state index contributed by atoms with van der Waals surface area (Å²) in [4.78, 5) is 25.9. The number of carbonyl (C=O) groups excluding carboxylic acids is 2. The maximum Gasteiger partial charge on any atom is 0.418 e. The summed E-state index contributed by atoms with van der Waals surface area (Å²) in [5, 5.41) is 7.75. The highest BCUT2D eigenvalue weighted by atomic mass is 32.1. The largest absolute Gasteiger partial charge is 0.418 e. The maximum absolute atomic E-state index is 13.4. The van der Waals surface area contributed by atoms with Crippen molar-refractivity contribution in [1.82, 2.24) is 14.9 Å². The van der Waals surface area contributed by atoms with Crippen molar-refractivity contribution in [2.75, 3.05) is 11.4 Å². The molecule has 0 radical (unpaired) electrons. The normalized spacial score (nSPS) is 14.9. The Labute approximate surface area is 157 Å². The molecule has 144 valence electrons. The van der Waals surface area contributed by atoms with Gasteiger partial charge in [0.1, 0.15) is 6.54 Å². The van der Waals surface area contributed by atoms with E-state index < -0.39 is 30.1 Å². The van der Waals surface area contributed by atoms with Crippen molar-refractivity contribution >= 4 is 29.0 Å². The quantitative estimate of drug-likeness (QED) is 0.839. The van der Waals surface area contributed by atoms with E-state index in [0.29, 0.717) is 0 Å². The number of nitrogens with zero attached hydrogens (tertiary/aromatic N) is 3. The van der Waals surface area contributed by atoms with Crippen LogP contribution in [0.25, 0.3) is 0 Å². The van der Waals surface area contributed by atoms with Crippen LogP contribution in [-0.2, 0) is 11.0 Å². The number of carbonyl (C=O) groups is 2. The van der Waals surface area contributed by atoms with Crippen LogP contribution in [0.2, 0.25) is 0 Å². The fraction of sp³-hybridized carbons (Fsp3) is 0.412. The molecule has 1 heterocycles. The zero-order valence-corrected chi connectivity index (χ0v) is 15.0. The number of anilines is 1. The first-order valence-electron chi connectivity index (χ1n) is 8.41. The first kappa shape index (κ1) is 19.3. The lowest BCUT2D eigenvalue weighted by Crippen LogP contribution is -2.44. The van der Waals surface area contributed by atoms with Crippen LogP contribution in [0.3, 0.4) is 0 Å². The van der Waals surface area contributed by atoms with Crippen molar-refractivity contribution in [3.8, 4) is 0 Å². The van der Waals surface area contributed by atoms with Crippen molar-refractivity contribution in [3.05, 3.63) is 40.9 Å². The molecule has 0 saturated heterocycles. The van der Waals surface area contributed by atoms with Crippen LogP contribution >= 0.6 is 11.5 Å². The topological polar surface area (TPSA) is 75.2 Å². The van der Waals surface area contributed by atoms with E-state index in [1.54, 1.807) is 0 Å². The van der Waals surface area contributed by atoms with Gasteiger partial charge in [-0.25, -0.2) is 0 Å². The first-order chi connectivity index (χ1) is 12.9. The van der Waals surface area contributed by atoms with E-state index in [1.807, 2.05) is 0 Å². The highest BCUT2D eigenvalue weighted by Crippen LogP contribution is 2.36. The molecule has 1 N–H and O–H groups in total. The Kier molecular flexibility index (Phi) is 5.73. The summed E-state index contributed by atoms with van der Waals surface area (Å²) in [7, 11) is 0. The molecule has 0 spiro atoms. The molecule has 0 bridgehead atoms. The van der Waals surface area contributed by atoms with Crippen molar-refractivity contribution < 1.29 is 22.8 Å². The van der Waals surface area contributed by atoms with Gasteiger partial charge in [-0.05, 0) is 36.5 Å². The minimum Gasteiger partial charge on any atom is -0.352 e. The molecule has 1 aliphatic rings. The number of rotatable bonds is 5. The molecule has 0 atom stereocenters. The predicted molar refractivity (Wildman–Crippen MR) is 93.4 cm³/mol. The van der Waals surface area contributed by atoms with Gasteiger partial charge in [-0.1, -0.05) is 29.5 Å². The summed E-state index contributed by atoms with van der Waals surface area (Å²) in [6.45, 7) is -0.528. The van der Waals surface area contributed by atoms with E-state index >= 15 is 0 Å². The van der Waals surface area contributed by atoms with Gasteiger partial charge in [0.2, 0.25) is 5.91 Å². The van der Waals surface area contributed by atoms with Crippen molar-refractivity contribution in [2.24, 2.45) is 0 Å². The molecule has 3 rings (SSSR count). The first-order valence-corrected chi connectivity index (χ1v) is 9.24. The summed E-state index contributed by atoms with van der Waals surface area (Å²) in [6, 6.07) is 4.66. The summed E-state index contributed by atoms with van der Waals surface area (Å²) >= 11 is 0.904. The third kappa shape index (κ3) is 4.62. The van der Waals surface area contributed by atoms with Crippen LogP contribution < -0.4 is 10.2 Å². The molecule has 6 nitrogen and oxygen atoms in total. The van der Waals surface area contributed by atoms with Gasteiger partial charge in [0, 0.05) is 11.4 Å². The molecular formula is C17H17F3N4O2S. The smallest absolute Gasteiger partial charge is 0.352 e. The molecule has 1 aromatic heterocycles. The number of hydrogen-bond donors (Lipinski definition) is 1. The zero-order chi connectivity index (χ0) is 19.4. The van der Waals surface area contributed by atoms with Gasteiger partial charge >= 0.3 is 6.18 Å². The van der Waals surface area contributed by atoms with Gasteiger partial charge in [-0.2, -0.15) is 13.2 Å². The minimum atomic E-state index is -4.67. The Hall–Kier alpha value is -2.49. The van der Waals surface area contributed by atoms with Crippen molar-refractivity contribution in [1.29, 1.82) is 0 Å². The lowest BCUT2D eigenvalue weighted by Gasteiger charge is -2.25.